The highest BCUT2D eigenvalue weighted by Gasteiger charge is 2.28. The molecule has 19 heavy (non-hydrogen) atoms. The summed E-state index contributed by atoms with van der Waals surface area (Å²) in [7, 11) is 3.51. The SMILES string of the molecule is C=C[C@H](/C=C/C)[C@@H](C(=O)N(C)C)c1ccc(Br)cn1. The van der Waals surface area contributed by atoms with Gasteiger partial charge in [0, 0.05) is 30.7 Å². The van der Waals surface area contributed by atoms with Gasteiger partial charge in [-0.1, -0.05) is 18.2 Å². The van der Waals surface area contributed by atoms with Gasteiger partial charge in [-0.15, -0.1) is 6.58 Å². The highest BCUT2D eigenvalue weighted by Crippen LogP contribution is 2.28. The lowest BCUT2D eigenvalue weighted by molar-refractivity contribution is -0.130. The van der Waals surface area contributed by atoms with E-state index in [9.17, 15) is 4.79 Å². The molecule has 0 aliphatic rings. The van der Waals surface area contributed by atoms with Crippen molar-refractivity contribution in [3.05, 3.63) is 53.3 Å². The molecule has 0 unspecified atom stereocenters. The second-order valence-electron chi connectivity index (χ2n) is 4.45. The summed E-state index contributed by atoms with van der Waals surface area (Å²) in [5.74, 6) is -0.372. The first-order valence-corrected chi connectivity index (χ1v) is 6.88. The molecule has 0 saturated heterocycles. The van der Waals surface area contributed by atoms with Crippen LogP contribution >= 0.6 is 15.9 Å². The van der Waals surface area contributed by atoms with Gasteiger partial charge in [0.25, 0.3) is 0 Å². The smallest absolute Gasteiger partial charge is 0.232 e. The van der Waals surface area contributed by atoms with Gasteiger partial charge in [0.05, 0.1) is 11.6 Å². The van der Waals surface area contributed by atoms with Crippen LogP contribution in [0.25, 0.3) is 0 Å². The van der Waals surface area contributed by atoms with Gasteiger partial charge in [-0.25, -0.2) is 0 Å². The average molecular weight is 323 g/mol. The molecule has 0 radical (unpaired) electrons. The number of amides is 1. The van der Waals surface area contributed by atoms with Gasteiger partial charge in [-0.2, -0.15) is 0 Å². The number of rotatable bonds is 5. The van der Waals surface area contributed by atoms with E-state index in [2.05, 4.69) is 27.5 Å². The number of hydrogen-bond donors (Lipinski definition) is 0. The molecule has 1 aromatic heterocycles. The van der Waals surface area contributed by atoms with Crippen LogP contribution in [0, 0.1) is 5.92 Å². The van der Waals surface area contributed by atoms with E-state index in [0.717, 1.165) is 10.2 Å². The van der Waals surface area contributed by atoms with E-state index in [4.69, 9.17) is 0 Å². The normalized spacial score (nSPS) is 14.1. The number of halogens is 1. The van der Waals surface area contributed by atoms with Crippen molar-refractivity contribution in [2.75, 3.05) is 14.1 Å². The van der Waals surface area contributed by atoms with E-state index in [1.54, 1.807) is 31.3 Å². The lowest BCUT2D eigenvalue weighted by atomic mass is 9.87. The fraction of sp³-hybridized carbons (Fsp3) is 0.333. The standard InChI is InChI=1S/C15H19BrN2O/c1-5-7-11(6-2)14(15(19)18(3)4)13-9-8-12(16)10-17-13/h5-11,14H,2H2,1,3-4H3/b7-5+/t11-,14-/m1/s1. The molecule has 0 aromatic carbocycles. The van der Waals surface area contributed by atoms with Crippen molar-refractivity contribution in [3.63, 3.8) is 0 Å². The molecule has 1 amide bonds. The van der Waals surface area contributed by atoms with Crippen LogP contribution in [-0.2, 0) is 4.79 Å². The summed E-state index contributed by atoms with van der Waals surface area (Å²) < 4.78 is 0.897. The van der Waals surface area contributed by atoms with E-state index < -0.39 is 0 Å². The minimum absolute atomic E-state index is 0.0258. The Morgan fingerprint density at radius 1 is 1.47 bits per heavy atom. The minimum atomic E-state index is -0.336. The van der Waals surface area contributed by atoms with Gasteiger partial charge in [0.15, 0.2) is 0 Å². The third-order valence-electron chi connectivity index (χ3n) is 2.85. The van der Waals surface area contributed by atoms with Gasteiger partial charge in [-0.05, 0) is 35.0 Å². The lowest BCUT2D eigenvalue weighted by Gasteiger charge is -2.24. The van der Waals surface area contributed by atoms with Gasteiger partial charge in [0.1, 0.15) is 0 Å². The molecule has 4 heteroatoms. The number of nitrogens with zero attached hydrogens (tertiary/aromatic N) is 2. The van der Waals surface area contributed by atoms with Crippen LogP contribution in [0.3, 0.4) is 0 Å². The molecule has 0 saturated carbocycles. The van der Waals surface area contributed by atoms with Crippen LogP contribution in [0.5, 0.6) is 0 Å². The van der Waals surface area contributed by atoms with Crippen molar-refractivity contribution in [2.24, 2.45) is 5.92 Å². The Balaban J connectivity index is 3.21. The zero-order valence-corrected chi connectivity index (χ0v) is 13.1. The molecule has 0 fully saturated rings. The second-order valence-corrected chi connectivity index (χ2v) is 5.37. The number of likely N-dealkylation sites (N-methyl/N-ethyl adjacent to an activating group) is 1. The molecular weight excluding hydrogens is 304 g/mol. The molecule has 1 aromatic rings. The molecule has 2 atom stereocenters. The van der Waals surface area contributed by atoms with Gasteiger partial charge in [-0.3, -0.25) is 9.78 Å². The highest BCUT2D eigenvalue weighted by molar-refractivity contribution is 9.10. The van der Waals surface area contributed by atoms with Crippen LogP contribution in [0.4, 0.5) is 0 Å². The van der Waals surface area contributed by atoms with Crippen LogP contribution in [0.1, 0.15) is 18.5 Å². The number of allylic oxidation sites excluding steroid dienone is 3. The van der Waals surface area contributed by atoms with Crippen LogP contribution < -0.4 is 0 Å². The summed E-state index contributed by atoms with van der Waals surface area (Å²) in [6, 6.07) is 3.77. The Labute approximate surface area is 123 Å². The topological polar surface area (TPSA) is 33.2 Å². The number of carbonyl (C=O) groups excluding carboxylic acids is 1. The number of pyridine rings is 1. The van der Waals surface area contributed by atoms with Crippen molar-refractivity contribution >= 4 is 21.8 Å². The first kappa shape index (κ1) is 15.6. The summed E-state index contributed by atoms with van der Waals surface area (Å²) >= 11 is 3.35. The summed E-state index contributed by atoms with van der Waals surface area (Å²) in [6.45, 7) is 5.76. The fourth-order valence-corrected chi connectivity index (χ4v) is 2.12. The predicted molar refractivity (Wildman–Crippen MR) is 81.9 cm³/mol. The van der Waals surface area contributed by atoms with E-state index in [0.29, 0.717) is 0 Å². The van der Waals surface area contributed by atoms with E-state index >= 15 is 0 Å². The zero-order chi connectivity index (χ0) is 14.4. The monoisotopic (exact) mass is 322 g/mol. The molecular formula is C15H19BrN2O. The first-order valence-electron chi connectivity index (χ1n) is 6.09. The third kappa shape index (κ3) is 4.03. The van der Waals surface area contributed by atoms with Crippen molar-refractivity contribution < 1.29 is 4.79 Å². The molecule has 0 N–H and O–H groups in total. The van der Waals surface area contributed by atoms with E-state index in [1.807, 2.05) is 31.2 Å². The van der Waals surface area contributed by atoms with Gasteiger partial charge < -0.3 is 4.90 Å². The molecule has 0 bridgehead atoms. The molecule has 0 aliphatic carbocycles. The Morgan fingerprint density at radius 3 is 2.58 bits per heavy atom. The summed E-state index contributed by atoms with van der Waals surface area (Å²) in [6.07, 6.45) is 7.40. The maximum Gasteiger partial charge on any atom is 0.232 e. The number of carbonyl (C=O) groups is 1. The fourth-order valence-electron chi connectivity index (χ4n) is 1.89. The maximum atomic E-state index is 12.4. The Kier molecular flexibility index (Phi) is 5.96. The van der Waals surface area contributed by atoms with E-state index in [-0.39, 0.29) is 17.7 Å². The third-order valence-corrected chi connectivity index (χ3v) is 3.32. The number of aromatic nitrogens is 1. The first-order chi connectivity index (χ1) is 9.01. The molecule has 3 nitrogen and oxygen atoms in total. The summed E-state index contributed by atoms with van der Waals surface area (Å²) in [5.41, 5.74) is 0.755. The van der Waals surface area contributed by atoms with Crippen molar-refractivity contribution in [2.45, 2.75) is 12.8 Å². The second kappa shape index (κ2) is 7.24. The van der Waals surface area contributed by atoms with E-state index in [1.165, 1.54) is 0 Å². The zero-order valence-electron chi connectivity index (χ0n) is 11.5. The predicted octanol–water partition coefficient (Wildman–Crippen LogP) is 3.39. The van der Waals surface area contributed by atoms with Crippen molar-refractivity contribution in [1.82, 2.24) is 9.88 Å². The Hall–Kier alpha value is -1.42. The lowest BCUT2D eigenvalue weighted by Crippen LogP contribution is -2.32. The number of hydrogen-bond acceptors (Lipinski definition) is 2. The molecule has 1 rings (SSSR count). The van der Waals surface area contributed by atoms with Crippen LogP contribution in [0.2, 0.25) is 0 Å². The molecule has 1 heterocycles. The maximum absolute atomic E-state index is 12.4. The van der Waals surface area contributed by atoms with Crippen LogP contribution in [-0.4, -0.2) is 29.9 Å². The highest BCUT2D eigenvalue weighted by atomic mass is 79.9. The summed E-state index contributed by atoms with van der Waals surface area (Å²) in [5, 5.41) is 0. The van der Waals surface area contributed by atoms with Gasteiger partial charge >= 0.3 is 0 Å². The molecule has 0 spiro atoms. The Bertz CT molecular complexity index is 466. The van der Waals surface area contributed by atoms with Crippen molar-refractivity contribution in [3.8, 4) is 0 Å². The van der Waals surface area contributed by atoms with Gasteiger partial charge in [0.2, 0.25) is 5.91 Å². The van der Waals surface area contributed by atoms with Crippen LogP contribution in [0.15, 0.2) is 47.6 Å². The molecule has 0 aliphatic heterocycles. The van der Waals surface area contributed by atoms with Crippen molar-refractivity contribution in [1.29, 1.82) is 0 Å². The quantitative estimate of drug-likeness (QED) is 0.778. The Morgan fingerprint density at radius 2 is 2.16 bits per heavy atom. The average Bonchev–Trinajstić information content (AvgIpc) is 2.39. The minimum Gasteiger partial charge on any atom is -0.348 e. The largest absolute Gasteiger partial charge is 0.348 e. The molecule has 102 valence electrons. The summed E-state index contributed by atoms with van der Waals surface area (Å²) in [4.78, 5) is 18.3.